The lowest BCUT2D eigenvalue weighted by atomic mass is 10.2. The molecule has 2 aromatic carbocycles. The molecule has 1 aliphatic rings. The number of rotatable bonds is 5. The van der Waals surface area contributed by atoms with Crippen LogP contribution in [0, 0.1) is 6.92 Å². The molecule has 27 heavy (non-hydrogen) atoms. The molecule has 0 aliphatic carbocycles. The molecule has 3 aromatic rings. The predicted octanol–water partition coefficient (Wildman–Crippen LogP) is 2.63. The summed E-state index contributed by atoms with van der Waals surface area (Å²) in [5.74, 6) is 1.05. The molecule has 0 saturated carbocycles. The van der Waals surface area contributed by atoms with Crippen LogP contribution in [0.1, 0.15) is 11.4 Å². The molecule has 6 heteroatoms. The van der Waals surface area contributed by atoms with Gasteiger partial charge in [-0.25, -0.2) is 4.98 Å². The zero-order chi connectivity index (χ0) is 18.6. The van der Waals surface area contributed by atoms with E-state index in [9.17, 15) is 4.79 Å². The van der Waals surface area contributed by atoms with Gasteiger partial charge in [-0.1, -0.05) is 24.3 Å². The van der Waals surface area contributed by atoms with Gasteiger partial charge in [-0.05, 0) is 36.8 Å². The zero-order valence-corrected chi connectivity index (χ0v) is 15.6. The molecule has 2 N–H and O–H groups in total. The Bertz CT molecular complexity index is 894. The first-order valence-corrected chi connectivity index (χ1v) is 9.40. The number of carbonyl (C=O) groups excluding carboxylic acids is 1. The standard InChI is InChI=1S/C21H25N5O/c1-16-5-4-6-17(13-16)22-21(27)15-26-11-9-25(10-12-26)14-20-23-18-7-2-3-8-19(18)24-20/h2-8,13H,9-12,14-15H2,1H3,(H,22,27)(H,23,24). The summed E-state index contributed by atoms with van der Waals surface area (Å²) in [4.78, 5) is 24.9. The van der Waals surface area contributed by atoms with Crippen LogP contribution in [0.4, 0.5) is 5.69 Å². The minimum absolute atomic E-state index is 0.0475. The van der Waals surface area contributed by atoms with Crippen molar-refractivity contribution in [2.24, 2.45) is 0 Å². The second kappa shape index (κ2) is 7.90. The molecule has 4 rings (SSSR count). The fourth-order valence-corrected chi connectivity index (χ4v) is 3.52. The number of hydrogen-bond acceptors (Lipinski definition) is 4. The summed E-state index contributed by atoms with van der Waals surface area (Å²) in [6, 6.07) is 16.0. The molecule has 0 spiro atoms. The number of piperazine rings is 1. The van der Waals surface area contributed by atoms with E-state index in [-0.39, 0.29) is 5.91 Å². The monoisotopic (exact) mass is 363 g/mol. The topological polar surface area (TPSA) is 64.3 Å². The molecule has 140 valence electrons. The fourth-order valence-electron chi connectivity index (χ4n) is 3.52. The lowest BCUT2D eigenvalue weighted by molar-refractivity contribution is -0.117. The van der Waals surface area contributed by atoms with Gasteiger partial charge in [-0.3, -0.25) is 14.6 Å². The summed E-state index contributed by atoms with van der Waals surface area (Å²) in [5.41, 5.74) is 4.11. The van der Waals surface area contributed by atoms with Crippen LogP contribution in [0.25, 0.3) is 11.0 Å². The van der Waals surface area contributed by atoms with Crippen molar-refractivity contribution in [2.45, 2.75) is 13.5 Å². The van der Waals surface area contributed by atoms with Gasteiger partial charge in [0.25, 0.3) is 0 Å². The van der Waals surface area contributed by atoms with Crippen LogP contribution in [0.5, 0.6) is 0 Å². The summed E-state index contributed by atoms with van der Waals surface area (Å²) < 4.78 is 0. The van der Waals surface area contributed by atoms with Gasteiger partial charge in [-0.15, -0.1) is 0 Å². The Morgan fingerprint density at radius 1 is 1.07 bits per heavy atom. The summed E-state index contributed by atoms with van der Waals surface area (Å²) >= 11 is 0. The molecule has 2 heterocycles. The number of benzene rings is 2. The van der Waals surface area contributed by atoms with Gasteiger partial charge >= 0.3 is 0 Å². The summed E-state index contributed by atoms with van der Waals surface area (Å²) in [7, 11) is 0. The average molecular weight is 363 g/mol. The van der Waals surface area contributed by atoms with Crippen LogP contribution in [0.3, 0.4) is 0 Å². The van der Waals surface area contributed by atoms with Gasteiger partial charge in [0.05, 0.1) is 24.1 Å². The highest BCUT2D eigenvalue weighted by molar-refractivity contribution is 5.92. The molecule has 1 amide bonds. The number of carbonyl (C=O) groups is 1. The first-order valence-electron chi connectivity index (χ1n) is 9.40. The van der Waals surface area contributed by atoms with Gasteiger partial charge in [0.15, 0.2) is 0 Å². The highest BCUT2D eigenvalue weighted by atomic mass is 16.2. The van der Waals surface area contributed by atoms with Gasteiger partial charge in [-0.2, -0.15) is 0 Å². The molecule has 1 saturated heterocycles. The summed E-state index contributed by atoms with van der Waals surface area (Å²) in [5, 5.41) is 2.99. The Morgan fingerprint density at radius 3 is 2.63 bits per heavy atom. The van der Waals surface area contributed by atoms with E-state index in [2.05, 4.69) is 31.2 Å². The lowest BCUT2D eigenvalue weighted by Crippen LogP contribution is -2.48. The van der Waals surface area contributed by atoms with Gasteiger partial charge in [0.2, 0.25) is 5.91 Å². The normalized spacial score (nSPS) is 15.9. The average Bonchev–Trinajstić information content (AvgIpc) is 3.05. The highest BCUT2D eigenvalue weighted by Gasteiger charge is 2.20. The Labute approximate surface area is 159 Å². The smallest absolute Gasteiger partial charge is 0.238 e. The van der Waals surface area contributed by atoms with E-state index in [0.717, 1.165) is 60.8 Å². The number of aryl methyl sites for hydroxylation is 1. The number of aromatic amines is 1. The molecule has 0 unspecified atom stereocenters. The van der Waals surface area contributed by atoms with E-state index in [1.165, 1.54) is 0 Å². The molecular formula is C21H25N5O. The molecule has 1 aliphatic heterocycles. The van der Waals surface area contributed by atoms with E-state index in [0.29, 0.717) is 6.54 Å². The van der Waals surface area contributed by atoms with Crippen LogP contribution in [0.15, 0.2) is 48.5 Å². The number of nitrogens with zero attached hydrogens (tertiary/aromatic N) is 3. The maximum Gasteiger partial charge on any atom is 0.238 e. The largest absolute Gasteiger partial charge is 0.341 e. The Kier molecular flexibility index (Phi) is 5.18. The minimum atomic E-state index is 0.0475. The number of amides is 1. The molecule has 1 aromatic heterocycles. The van der Waals surface area contributed by atoms with E-state index in [1.54, 1.807) is 0 Å². The van der Waals surface area contributed by atoms with Gasteiger partial charge in [0.1, 0.15) is 5.82 Å². The Morgan fingerprint density at radius 2 is 1.85 bits per heavy atom. The predicted molar refractivity (Wildman–Crippen MR) is 108 cm³/mol. The van der Waals surface area contributed by atoms with E-state index >= 15 is 0 Å². The zero-order valence-electron chi connectivity index (χ0n) is 15.6. The number of nitrogens with one attached hydrogen (secondary N) is 2. The number of hydrogen-bond donors (Lipinski definition) is 2. The van der Waals surface area contributed by atoms with Crippen LogP contribution < -0.4 is 5.32 Å². The minimum Gasteiger partial charge on any atom is -0.341 e. The number of fused-ring (bicyclic) bond motifs is 1. The molecule has 1 fully saturated rings. The molecular weight excluding hydrogens is 338 g/mol. The van der Waals surface area contributed by atoms with E-state index in [4.69, 9.17) is 0 Å². The van der Waals surface area contributed by atoms with Gasteiger partial charge in [0, 0.05) is 31.9 Å². The van der Waals surface area contributed by atoms with Crippen molar-refractivity contribution in [2.75, 3.05) is 38.0 Å². The highest BCUT2D eigenvalue weighted by Crippen LogP contribution is 2.13. The Hall–Kier alpha value is -2.70. The first-order chi connectivity index (χ1) is 13.2. The molecule has 0 atom stereocenters. The number of anilines is 1. The second-order valence-electron chi connectivity index (χ2n) is 7.17. The van der Waals surface area contributed by atoms with Crippen molar-refractivity contribution in [3.8, 4) is 0 Å². The third kappa shape index (κ3) is 4.53. The summed E-state index contributed by atoms with van der Waals surface area (Å²) in [6.07, 6.45) is 0. The third-order valence-electron chi connectivity index (χ3n) is 4.95. The fraction of sp³-hybridized carbons (Fsp3) is 0.333. The first kappa shape index (κ1) is 17.7. The third-order valence-corrected chi connectivity index (χ3v) is 4.95. The van der Waals surface area contributed by atoms with Crippen molar-refractivity contribution in [1.82, 2.24) is 19.8 Å². The van der Waals surface area contributed by atoms with Crippen LogP contribution in [-0.2, 0) is 11.3 Å². The molecule has 0 radical (unpaired) electrons. The molecule has 0 bridgehead atoms. The van der Waals surface area contributed by atoms with Crippen molar-refractivity contribution < 1.29 is 4.79 Å². The van der Waals surface area contributed by atoms with Gasteiger partial charge < -0.3 is 10.3 Å². The number of aromatic nitrogens is 2. The number of para-hydroxylation sites is 2. The SMILES string of the molecule is Cc1cccc(NC(=O)CN2CCN(Cc3nc4ccccc4[nH]3)CC2)c1. The van der Waals surface area contributed by atoms with Crippen molar-refractivity contribution in [3.63, 3.8) is 0 Å². The lowest BCUT2D eigenvalue weighted by Gasteiger charge is -2.33. The maximum absolute atomic E-state index is 12.3. The Balaban J connectivity index is 1.25. The van der Waals surface area contributed by atoms with Crippen LogP contribution in [0.2, 0.25) is 0 Å². The van der Waals surface area contributed by atoms with Crippen molar-refractivity contribution in [3.05, 3.63) is 59.9 Å². The van der Waals surface area contributed by atoms with Crippen LogP contribution >= 0.6 is 0 Å². The quantitative estimate of drug-likeness (QED) is 0.731. The van der Waals surface area contributed by atoms with E-state index in [1.807, 2.05) is 49.4 Å². The van der Waals surface area contributed by atoms with Crippen molar-refractivity contribution >= 4 is 22.6 Å². The van der Waals surface area contributed by atoms with Crippen LogP contribution in [-0.4, -0.2) is 58.4 Å². The summed E-state index contributed by atoms with van der Waals surface area (Å²) in [6.45, 7) is 6.94. The van der Waals surface area contributed by atoms with E-state index < -0.39 is 0 Å². The maximum atomic E-state index is 12.3. The second-order valence-corrected chi connectivity index (χ2v) is 7.17. The van der Waals surface area contributed by atoms with Crippen molar-refractivity contribution in [1.29, 1.82) is 0 Å². The number of H-pyrrole nitrogens is 1. The molecule has 6 nitrogen and oxygen atoms in total. The number of imidazole rings is 1.